The first kappa shape index (κ1) is 18.6. The van der Waals surface area contributed by atoms with E-state index in [4.69, 9.17) is 22.1 Å². The molecule has 0 spiro atoms. The number of amides is 1. The van der Waals surface area contributed by atoms with Crippen molar-refractivity contribution in [3.05, 3.63) is 64.4 Å². The number of nitrogens with two attached hydrogens (primary N) is 1. The summed E-state index contributed by atoms with van der Waals surface area (Å²) >= 11 is 5.68. The lowest BCUT2D eigenvalue weighted by Gasteiger charge is -2.14. The third-order valence-electron chi connectivity index (χ3n) is 3.54. The molecule has 0 aliphatic rings. The van der Waals surface area contributed by atoms with Crippen LogP contribution < -0.4 is 10.5 Å². The van der Waals surface area contributed by atoms with Crippen molar-refractivity contribution in [1.29, 1.82) is 0 Å². The molecule has 0 unspecified atom stereocenters. The molecule has 0 aliphatic carbocycles. The molecule has 0 saturated carbocycles. The van der Waals surface area contributed by atoms with Gasteiger partial charge in [-0.2, -0.15) is 17.9 Å². The second kappa shape index (κ2) is 7.23. The molecule has 0 radical (unpaired) electrons. The second-order valence-electron chi connectivity index (χ2n) is 5.32. The van der Waals surface area contributed by atoms with Crippen LogP contribution in [0.5, 0.6) is 5.75 Å². The molecule has 2 aromatic carbocycles. The zero-order valence-electron chi connectivity index (χ0n) is 13.4. The van der Waals surface area contributed by atoms with Gasteiger partial charge in [-0.25, -0.2) is 0 Å². The normalized spacial score (nSPS) is 11.4. The van der Waals surface area contributed by atoms with Crippen LogP contribution in [0, 0.1) is 0 Å². The van der Waals surface area contributed by atoms with Crippen LogP contribution in [-0.4, -0.2) is 26.1 Å². The quantitative estimate of drug-likeness (QED) is 0.714. The Morgan fingerprint density at radius 2 is 1.96 bits per heavy atom. The van der Waals surface area contributed by atoms with E-state index >= 15 is 0 Å². The lowest BCUT2D eigenvalue weighted by atomic mass is 10.1. The highest BCUT2D eigenvalue weighted by atomic mass is 35.5. The Labute approximate surface area is 155 Å². The number of carbonyl (C=O) groups excluding carboxylic acids is 1. The predicted molar refractivity (Wildman–Crippen MR) is 88.5 cm³/mol. The number of rotatable bonds is 5. The standard InChI is InChI=1S/C16H11ClF3N5O2/c17-9-5-6-12(11(7-9)16(18,19)20)25-14(22-23-24-25)8-27-13-4-2-1-3-10(13)15(21)26/h1-7H,8H2,(H2,21,26). The van der Waals surface area contributed by atoms with Crippen LogP contribution in [-0.2, 0) is 12.8 Å². The van der Waals surface area contributed by atoms with Crippen molar-refractivity contribution < 1.29 is 22.7 Å². The monoisotopic (exact) mass is 397 g/mol. The highest BCUT2D eigenvalue weighted by Crippen LogP contribution is 2.35. The van der Waals surface area contributed by atoms with Gasteiger partial charge in [0.15, 0.2) is 5.82 Å². The third kappa shape index (κ3) is 4.00. The third-order valence-corrected chi connectivity index (χ3v) is 3.77. The number of aromatic nitrogens is 4. The second-order valence-corrected chi connectivity index (χ2v) is 5.75. The molecule has 7 nitrogen and oxygen atoms in total. The average Bonchev–Trinajstić information content (AvgIpc) is 3.07. The number of para-hydroxylation sites is 1. The number of alkyl halides is 3. The van der Waals surface area contributed by atoms with E-state index in [0.29, 0.717) is 0 Å². The molecule has 1 aromatic heterocycles. The van der Waals surface area contributed by atoms with Crippen LogP contribution in [0.4, 0.5) is 13.2 Å². The summed E-state index contributed by atoms with van der Waals surface area (Å²) in [6, 6.07) is 9.40. The van der Waals surface area contributed by atoms with Crippen LogP contribution >= 0.6 is 11.6 Å². The Morgan fingerprint density at radius 1 is 1.22 bits per heavy atom. The van der Waals surface area contributed by atoms with Crippen LogP contribution in [0.15, 0.2) is 42.5 Å². The van der Waals surface area contributed by atoms with Gasteiger partial charge in [0.25, 0.3) is 5.91 Å². The van der Waals surface area contributed by atoms with Crippen molar-refractivity contribution in [3.63, 3.8) is 0 Å². The van der Waals surface area contributed by atoms with Gasteiger partial charge in [0.2, 0.25) is 0 Å². The number of carbonyl (C=O) groups is 1. The molecule has 11 heteroatoms. The maximum Gasteiger partial charge on any atom is 0.418 e. The summed E-state index contributed by atoms with van der Waals surface area (Å²) in [5, 5.41) is 10.6. The molecular weight excluding hydrogens is 387 g/mol. The number of hydrogen-bond acceptors (Lipinski definition) is 5. The van der Waals surface area contributed by atoms with Gasteiger partial charge >= 0.3 is 6.18 Å². The summed E-state index contributed by atoms with van der Waals surface area (Å²) in [6.45, 7) is -0.294. The minimum atomic E-state index is -4.66. The number of ether oxygens (including phenoxy) is 1. The van der Waals surface area contributed by atoms with Crippen molar-refractivity contribution in [2.24, 2.45) is 5.73 Å². The number of hydrogen-bond donors (Lipinski definition) is 1. The van der Waals surface area contributed by atoms with E-state index < -0.39 is 17.6 Å². The number of halogens is 4. The van der Waals surface area contributed by atoms with E-state index in [1.54, 1.807) is 12.1 Å². The number of primary amides is 1. The van der Waals surface area contributed by atoms with E-state index in [2.05, 4.69) is 15.5 Å². The van der Waals surface area contributed by atoms with E-state index in [-0.39, 0.29) is 34.5 Å². The average molecular weight is 398 g/mol. The van der Waals surface area contributed by atoms with Crippen LogP contribution in [0.3, 0.4) is 0 Å². The number of benzene rings is 2. The molecule has 0 fully saturated rings. The smallest absolute Gasteiger partial charge is 0.418 e. The lowest BCUT2D eigenvalue weighted by molar-refractivity contribution is -0.137. The predicted octanol–water partition coefficient (Wildman–Crippen LogP) is 3.01. The van der Waals surface area contributed by atoms with Gasteiger partial charge in [0, 0.05) is 5.02 Å². The summed E-state index contributed by atoms with van der Waals surface area (Å²) in [5.41, 5.74) is 4.08. The largest absolute Gasteiger partial charge is 0.485 e. The fraction of sp³-hybridized carbons (Fsp3) is 0.125. The maximum atomic E-state index is 13.3. The molecule has 3 rings (SSSR count). The first-order chi connectivity index (χ1) is 12.8. The van der Waals surface area contributed by atoms with Crippen molar-refractivity contribution in [3.8, 4) is 11.4 Å². The zero-order valence-corrected chi connectivity index (χ0v) is 14.2. The van der Waals surface area contributed by atoms with E-state index in [1.807, 2.05) is 0 Å². The van der Waals surface area contributed by atoms with E-state index in [9.17, 15) is 18.0 Å². The Morgan fingerprint density at radius 3 is 2.67 bits per heavy atom. The van der Waals surface area contributed by atoms with Gasteiger partial charge in [-0.1, -0.05) is 23.7 Å². The summed E-state index contributed by atoms with van der Waals surface area (Å²) in [6.07, 6.45) is -4.66. The van der Waals surface area contributed by atoms with Crippen molar-refractivity contribution in [2.75, 3.05) is 0 Å². The zero-order chi connectivity index (χ0) is 19.6. The summed E-state index contributed by atoms with van der Waals surface area (Å²) in [5.74, 6) is -0.559. The Kier molecular flexibility index (Phi) is 5.00. The Balaban J connectivity index is 1.94. The molecule has 27 heavy (non-hydrogen) atoms. The SMILES string of the molecule is NC(=O)c1ccccc1OCc1nnnn1-c1ccc(Cl)cc1C(F)(F)F. The molecule has 0 aliphatic heterocycles. The molecule has 0 bridgehead atoms. The molecule has 0 saturated heterocycles. The van der Waals surface area contributed by atoms with Gasteiger partial charge in [-0.15, -0.1) is 5.10 Å². The minimum Gasteiger partial charge on any atom is -0.485 e. The lowest BCUT2D eigenvalue weighted by Crippen LogP contribution is -2.16. The summed E-state index contributed by atoms with van der Waals surface area (Å²) in [4.78, 5) is 11.4. The van der Waals surface area contributed by atoms with Crippen molar-refractivity contribution in [1.82, 2.24) is 20.2 Å². The molecule has 1 amide bonds. The van der Waals surface area contributed by atoms with Gasteiger partial charge in [0.05, 0.1) is 16.8 Å². The Hall–Kier alpha value is -3.14. The maximum absolute atomic E-state index is 13.3. The van der Waals surface area contributed by atoms with Gasteiger partial charge < -0.3 is 10.5 Å². The van der Waals surface area contributed by atoms with Crippen molar-refractivity contribution in [2.45, 2.75) is 12.8 Å². The number of tetrazole rings is 1. The topological polar surface area (TPSA) is 95.9 Å². The van der Waals surface area contributed by atoms with Gasteiger partial charge in [-0.05, 0) is 40.8 Å². The van der Waals surface area contributed by atoms with E-state index in [1.165, 1.54) is 18.2 Å². The van der Waals surface area contributed by atoms with Crippen LogP contribution in [0.2, 0.25) is 5.02 Å². The molecule has 140 valence electrons. The van der Waals surface area contributed by atoms with E-state index in [0.717, 1.165) is 16.8 Å². The van der Waals surface area contributed by atoms with Gasteiger partial charge in [-0.3, -0.25) is 4.79 Å². The fourth-order valence-electron chi connectivity index (χ4n) is 2.34. The number of nitrogens with zero attached hydrogens (tertiary/aromatic N) is 4. The molecule has 3 aromatic rings. The molecule has 2 N–H and O–H groups in total. The molecule has 1 heterocycles. The summed E-state index contributed by atoms with van der Waals surface area (Å²) in [7, 11) is 0. The fourth-order valence-corrected chi connectivity index (χ4v) is 2.51. The van der Waals surface area contributed by atoms with Gasteiger partial charge in [0.1, 0.15) is 12.4 Å². The first-order valence-electron chi connectivity index (χ1n) is 7.43. The van der Waals surface area contributed by atoms with Crippen LogP contribution in [0.25, 0.3) is 5.69 Å². The summed E-state index contributed by atoms with van der Waals surface area (Å²) < 4.78 is 46.3. The first-order valence-corrected chi connectivity index (χ1v) is 7.81. The van der Waals surface area contributed by atoms with Crippen molar-refractivity contribution >= 4 is 17.5 Å². The minimum absolute atomic E-state index is 0.0119. The Bertz CT molecular complexity index is 990. The molecule has 0 atom stereocenters. The van der Waals surface area contributed by atoms with Crippen LogP contribution in [0.1, 0.15) is 21.7 Å². The molecular formula is C16H11ClF3N5O2. The highest BCUT2D eigenvalue weighted by molar-refractivity contribution is 6.30. The highest BCUT2D eigenvalue weighted by Gasteiger charge is 2.35.